The lowest BCUT2D eigenvalue weighted by Gasteiger charge is -2.03. The lowest BCUT2D eigenvalue weighted by molar-refractivity contribution is -0.113. The molecule has 2 heterocycles. The molecule has 0 bridgehead atoms. The van der Waals surface area contributed by atoms with E-state index >= 15 is 0 Å². The molecule has 0 spiro atoms. The van der Waals surface area contributed by atoms with E-state index in [0.29, 0.717) is 21.5 Å². The van der Waals surface area contributed by atoms with E-state index < -0.39 is 0 Å². The molecule has 3 rings (SSSR count). The second-order valence-corrected chi connectivity index (χ2v) is 6.73. The largest absolute Gasteiger partial charge is 0.331 e. The molecule has 8 heteroatoms. The maximum absolute atomic E-state index is 11.9. The van der Waals surface area contributed by atoms with Crippen LogP contribution in [0.5, 0.6) is 0 Å². The van der Waals surface area contributed by atoms with Gasteiger partial charge >= 0.3 is 0 Å². The molecule has 3 aromatic rings. The standard InChI is InChI=1S/C14H10BrClN4OS/c15-8-5-11-13(17-6-8)20-14(19-11)22-7-12(21)18-10-3-1-9(16)2-4-10/h1-6H,7H2,(H,18,21)(H,17,19,20). The SMILES string of the molecule is O=C(CSc1nc2ncc(Br)cc2[nH]1)Nc1ccc(Cl)cc1. The van der Waals surface area contributed by atoms with Crippen molar-refractivity contribution in [2.24, 2.45) is 0 Å². The number of amides is 1. The zero-order chi connectivity index (χ0) is 15.5. The molecule has 2 N–H and O–H groups in total. The summed E-state index contributed by atoms with van der Waals surface area (Å²) in [5.41, 5.74) is 2.17. The molecule has 0 radical (unpaired) electrons. The minimum absolute atomic E-state index is 0.109. The van der Waals surface area contributed by atoms with Crippen molar-refractivity contribution in [1.29, 1.82) is 0 Å². The third kappa shape index (κ3) is 3.79. The maximum Gasteiger partial charge on any atom is 0.234 e. The second-order valence-electron chi connectivity index (χ2n) is 4.41. The Morgan fingerprint density at radius 3 is 2.91 bits per heavy atom. The number of imidazole rings is 1. The van der Waals surface area contributed by atoms with E-state index in [0.717, 1.165) is 9.99 Å². The van der Waals surface area contributed by atoms with Crippen molar-refractivity contribution in [2.45, 2.75) is 5.16 Å². The number of aromatic amines is 1. The van der Waals surface area contributed by atoms with Crippen LogP contribution >= 0.6 is 39.3 Å². The molecule has 0 aliphatic carbocycles. The minimum Gasteiger partial charge on any atom is -0.331 e. The second kappa shape index (κ2) is 6.68. The summed E-state index contributed by atoms with van der Waals surface area (Å²) in [5.74, 6) is 0.144. The Hall–Kier alpha value is -1.57. The topological polar surface area (TPSA) is 70.7 Å². The van der Waals surface area contributed by atoms with Crippen molar-refractivity contribution >= 4 is 62.1 Å². The molecular weight excluding hydrogens is 388 g/mol. The summed E-state index contributed by atoms with van der Waals surface area (Å²) in [5, 5.41) is 4.09. The maximum atomic E-state index is 11.9. The number of halogens is 2. The average molecular weight is 398 g/mol. The van der Waals surface area contributed by atoms with Gasteiger partial charge < -0.3 is 10.3 Å². The van der Waals surface area contributed by atoms with Crippen LogP contribution in [0, 0.1) is 0 Å². The number of pyridine rings is 1. The van der Waals surface area contributed by atoms with E-state index in [1.54, 1.807) is 30.5 Å². The fourth-order valence-electron chi connectivity index (χ4n) is 1.79. The molecule has 2 aromatic heterocycles. The van der Waals surface area contributed by atoms with Crippen LogP contribution in [0.3, 0.4) is 0 Å². The van der Waals surface area contributed by atoms with E-state index in [9.17, 15) is 4.79 Å². The van der Waals surface area contributed by atoms with Gasteiger partial charge in [-0.25, -0.2) is 9.97 Å². The van der Waals surface area contributed by atoms with E-state index in [4.69, 9.17) is 11.6 Å². The van der Waals surface area contributed by atoms with Crippen molar-refractivity contribution in [2.75, 3.05) is 11.1 Å². The fraction of sp³-hybridized carbons (Fsp3) is 0.0714. The van der Waals surface area contributed by atoms with Gasteiger partial charge in [-0.3, -0.25) is 4.79 Å². The summed E-state index contributed by atoms with van der Waals surface area (Å²) < 4.78 is 0.876. The summed E-state index contributed by atoms with van der Waals surface area (Å²) >= 11 is 10.5. The molecule has 0 aliphatic heterocycles. The van der Waals surface area contributed by atoms with E-state index in [1.165, 1.54) is 11.8 Å². The molecule has 1 aromatic carbocycles. The average Bonchev–Trinajstić information content (AvgIpc) is 2.89. The Morgan fingerprint density at radius 1 is 1.36 bits per heavy atom. The van der Waals surface area contributed by atoms with Crippen LogP contribution in [0.15, 0.2) is 46.2 Å². The number of H-pyrrole nitrogens is 1. The summed E-state index contributed by atoms with van der Waals surface area (Å²) in [4.78, 5) is 23.5. The first-order chi connectivity index (χ1) is 10.6. The third-order valence-electron chi connectivity index (χ3n) is 2.75. The number of thioether (sulfide) groups is 1. The number of nitrogens with one attached hydrogen (secondary N) is 2. The van der Waals surface area contributed by atoms with Crippen LogP contribution in [-0.2, 0) is 4.79 Å². The molecular formula is C14H10BrClN4OS. The summed E-state index contributed by atoms with van der Waals surface area (Å²) in [6.07, 6.45) is 1.69. The number of nitrogens with zero attached hydrogens (tertiary/aromatic N) is 2. The van der Waals surface area contributed by atoms with Crippen molar-refractivity contribution in [3.05, 3.63) is 46.0 Å². The number of hydrogen-bond acceptors (Lipinski definition) is 4. The van der Waals surface area contributed by atoms with Gasteiger partial charge in [0, 0.05) is 21.4 Å². The quantitative estimate of drug-likeness (QED) is 0.650. The minimum atomic E-state index is -0.109. The van der Waals surface area contributed by atoms with Gasteiger partial charge in [0.2, 0.25) is 5.91 Å². The number of carbonyl (C=O) groups excluding carboxylic acids is 1. The first-order valence-corrected chi connectivity index (χ1v) is 8.45. The highest BCUT2D eigenvalue weighted by molar-refractivity contribution is 9.10. The van der Waals surface area contributed by atoms with Crippen molar-refractivity contribution in [3.8, 4) is 0 Å². The molecule has 0 aliphatic rings. The van der Waals surface area contributed by atoms with Gasteiger partial charge in [0.15, 0.2) is 10.8 Å². The Morgan fingerprint density at radius 2 is 2.14 bits per heavy atom. The summed E-state index contributed by atoms with van der Waals surface area (Å²) in [6, 6.07) is 8.87. The molecule has 5 nitrogen and oxygen atoms in total. The molecule has 112 valence electrons. The predicted molar refractivity (Wildman–Crippen MR) is 92.4 cm³/mol. The molecule has 0 saturated heterocycles. The van der Waals surface area contributed by atoms with Crippen LogP contribution < -0.4 is 5.32 Å². The Kier molecular flexibility index (Phi) is 4.66. The normalized spacial score (nSPS) is 10.8. The number of rotatable bonds is 4. The van der Waals surface area contributed by atoms with Gasteiger partial charge in [0.1, 0.15) is 0 Å². The zero-order valence-electron chi connectivity index (χ0n) is 11.1. The van der Waals surface area contributed by atoms with Gasteiger partial charge in [-0.05, 0) is 46.3 Å². The number of carbonyl (C=O) groups is 1. The number of aromatic nitrogens is 3. The van der Waals surface area contributed by atoms with Gasteiger partial charge in [-0.15, -0.1) is 0 Å². The highest BCUT2D eigenvalue weighted by Gasteiger charge is 2.08. The van der Waals surface area contributed by atoms with E-state index in [2.05, 4.69) is 36.2 Å². The zero-order valence-corrected chi connectivity index (χ0v) is 14.3. The highest BCUT2D eigenvalue weighted by Crippen LogP contribution is 2.21. The van der Waals surface area contributed by atoms with Crippen LogP contribution in [0.1, 0.15) is 0 Å². The molecule has 0 fully saturated rings. The lowest BCUT2D eigenvalue weighted by atomic mass is 10.3. The third-order valence-corrected chi connectivity index (χ3v) is 4.31. The van der Waals surface area contributed by atoms with Crippen LogP contribution in [-0.4, -0.2) is 26.6 Å². The number of hydrogen-bond donors (Lipinski definition) is 2. The smallest absolute Gasteiger partial charge is 0.234 e. The van der Waals surface area contributed by atoms with Gasteiger partial charge in [0.25, 0.3) is 0 Å². The van der Waals surface area contributed by atoms with Crippen LogP contribution in [0.4, 0.5) is 5.69 Å². The monoisotopic (exact) mass is 396 g/mol. The molecule has 1 amide bonds. The lowest BCUT2D eigenvalue weighted by Crippen LogP contribution is -2.13. The number of anilines is 1. The Labute approximate surface area is 144 Å². The molecule has 22 heavy (non-hydrogen) atoms. The van der Waals surface area contributed by atoms with Gasteiger partial charge in [-0.2, -0.15) is 0 Å². The Bertz CT molecular complexity index is 821. The van der Waals surface area contributed by atoms with E-state index in [1.807, 2.05) is 6.07 Å². The molecule has 0 atom stereocenters. The van der Waals surface area contributed by atoms with Gasteiger partial charge in [-0.1, -0.05) is 23.4 Å². The van der Waals surface area contributed by atoms with Crippen LogP contribution in [0.2, 0.25) is 5.02 Å². The van der Waals surface area contributed by atoms with E-state index in [-0.39, 0.29) is 11.7 Å². The fourth-order valence-corrected chi connectivity index (χ4v) is 2.92. The first kappa shape index (κ1) is 15.3. The molecule has 0 saturated carbocycles. The summed E-state index contributed by atoms with van der Waals surface area (Å²) in [7, 11) is 0. The highest BCUT2D eigenvalue weighted by atomic mass is 79.9. The summed E-state index contributed by atoms with van der Waals surface area (Å²) in [6.45, 7) is 0. The number of fused-ring (bicyclic) bond motifs is 1. The van der Waals surface area contributed by atoms with Crippen LogP contribution in [0.25, 0.3) is 11.2 Å². The Balaban J connectivity index is 1.61. The first-order valence-electron chi connectivity index (χ1n) is 6.29. The van der Waals surface area contributed by atoms with Gasteiger partial charge in [0.05, 0.1) is 11.3 Å². The number of benzene rings is 1. The van der Waals surface area contributed by atoms with Crippen molar-refractivity contribution in [3.63, 3.8) is 0 Å². The molecule has 0 unspecified atom stereocenters. The van der Waals surface area contributed by atoms with Crippen molar-refractivity contribution < 1.29 is 4.79 Å². The van der Waals surface area contributed by atoms with Crippen molar-refractivity contribution in [1.82, 2.24) is 15.0 Å². The predicted octanol–water partition coefficient (Wildman–Crippen LogP) is 4.10.